The largest absolute Gasteiger partial charge is 0.481 e. The molecule has 0 unspecified atom stereocenters. The minimum atomic E-state index is -1.09. The fraction of sp³-hybridized carbons (Fsp3) is 0.344. The van der Waals surface area contributed by atoms with Gasteiger partial charge in [-0.25, -0.2) is 4.39 Å². The molecule has 3 rings (SSSR count). The van der Waals surface area contributed by atoms with Crippen molar-refractivity contribution in [1.82, 2.24) is 10.6 Å². The quantitative estimate of drug-likeness (QED) is 0.277. The molecule has 3 N–H and O–H groups in total. The standard InChI is InChI=1S/C32H37FN2O4/c1-32(2,3)29(31(39)34-21-23-11-6-4-7-12-23)35-30(38)25(20-28(36)37)16-10-13-22-17-18-26(27(33)19-22)24-14-8-5-9-15-24/h4-9,11-12,14-15,17-19,25,29H,10,13,16,20-21H2,1-3H3,(H,34,39)(H,35,38)(H,36,37)/t25-,29-/m1/s1. The minimum absolute atomic E-state index is 0.294. The van der Waals surface area contributed by atoms with Gasteiger partial charge in [-0.05, 0) is 47.4 Å². The Labute approximate surface area is 229 Å². The molecule has 0 aromatic heterocycles. The lowest BCUT2D eigenvalue weighted by Gasteiger charge is -2.31. The maximum atomic E-state index is 14.7. The van der Waals surface area contributed by atoms with Crippen LogP contribution in [0.4, 0.5) is 4.39 Å². The average molecular weight is 533 g/mol. The number of benzene rings is 3. The number of carboxylic acid groups (broad SMARTS) is 1. The van der Waals surface area contributed by atoms with Gasteiger partial charge in [0.05, 0.1) is 6.42 Å². The van der Waals surface area contributed by atoms with E-state index < -0.39 is 29.3 Å². The molecule has 2 atom stereocenters. The Kier molecular flexibility index (Phi) is 10.4. The Balaban J connectivity index is 1.62. The number of aliphatic carboxylic acids is 1. The summed E-state index contributed by atoms with van der Waals surface area (Å²) in [6, 6.07) is 23.0. The summed E-state index contributed by atoms with van der Waals surface area (Å²) in [6.45, 7) is 5.86. The van der Waals surface area contributed by atoms with E-state index in [1.165, 1.54) is 6.07 Å². The average Bonchev–Trinajstić information content (AvgIpc) is 2.90. The highest BCUT2D eigenvalue weighted by Gasteiger charge is 2.34. The van der Waals surface area contributed by atoms with Gasteiger partial charge in [0.15, 0.2) is 0 Å². The molecule has 0 saturated heterocycles. The van der Waals surface area contributed by atoms with Crippen molar-refractivity contribution in [2.75, 3.05) is 0 Å². The van der Waals surface area contributed by atoms with Crippen LogP contribution < -0.4 is 10.6 Å². The van der Waals surface area contributed by atoms with Crippen LogP contribution in [0.1, 0.15) is 51.2 Å². The lowest BCUT2D eigenvalue weighted by Crippen LogP contribution is -2.54. The van der Waals surface area contributed by atoms with Crippen LogP contribution in [-0.2, 0) is 27.3 Å². The molecule has 0 saturated carbocycles. The van der Waals surface area contributed by atoms with Crippen LogP contribution in [0, 0.1) is 17.2 Å². The van der Waals surface area contributed by atoms with E-state index in [9.17, 15) is 23.9 Å². The van der Waals surface area contributed by atoms with Gasteiger partial charge in [0, 0.05) is 18.0 Å². The van der Waals surface area contributed by atoms with E-state index in [4.69, 9.17) is 0 Å². The third-order valence-electron chi connectivity index (χ3n) is 6.65. The highest BCUT2D eigenvalue weighted by Crippen LogP contribution is 2.25. The highest BCUT2D eigenvalue weighted by molar-refractivity contribution is 5.90. The first-order valence-electron chi connectivity index (χ1n) is 13.2. The summed E-state index contributed by atoms with van der Waals surface area (Å²) in [7, 11) is 0. The van der Waals surface area contributed by atoms with Gasteiger partial charge in [0.25, 0.3) is 0 Å². The topological polar surface area (TPSA) is 95.5 Å². The Bertz CT molecular complexity index is 1260. The van der Waals surface area contributed by atoms with Crippen LogP contribution in [-0.4, -0.2) is 28.9 Å². The molecule has 0 bridgehead atoms. The third-order valence-corrected chi connectivity index (χ3v) is 6.65. The Morgan fingerprint density at radius 3 is 2.10 bits per heavy atom. The lowest BCUT2D eigenvalue weighted by atomic mass is 9.85. The van der Waals surface area contributed by atoms with Gasteiger partial charge in [-0.2, -0.15) is 0 Å². The van der Waals surface area contributed by atoms with E-state index in [1.54, 1.807) is 6.07 Å². The fourth-order valence-corrected chi connectivity index (χ4v) is 4.48. The molecule has 0 heterocycles. The molecular weight excluding hydrogens is 495 g/mol. The minimum Gasteiger partial charge on any atom is -0.481 e. The zero-order valence-electron chi connectivity index (χ0n) is 22.7. The first kappa shape index (κ1) is 29.6. The second-order valence-corrected chi connectivity index (χ2v) is 10.9. The molecule has 206 valence electrons. The van der Waals surface area contributed by atoms with Crippen LogP contribution in [0.15, 0.2) is 78.9 Å². The third kappa shape index (κ3) is 9.06. The Morgan fingerprint density at radius 1 is 0.872 bits per heavy atom. The molecule has 0 radical (unpaired) electrons. The summed E-state index contributed by atoms with van der Waals surface area (Å²) in [5.41, 5.74) is 2.42. The summed E-state index contributed by atoms with van der Waals surface area (Å²) in [6.07, 6.45) is 0.934. The van der Waals surface area contributed by atoms with E-state index in [1.807, 2.05) is 87.5 Å². The van der Waals surface area contributed by atoms with E-state index in [2.05, 4.69) is 10.6 Å². The summed E-state index contributed by atoms with van der Waals surface area (Å²) in [5.74, 6) is -3.04. The molecular formula is C32H37FN2O4. The van der Waals surface area contributed by atoms with Crippen LogP contribution in [0.5, 0.6) is 0 Å². The van der Waals surface area contributed by atoms with Crippen molar-refractivity contribution in [1.29, 1.82) is 0 Å². The van der Waals surface area contributed by atoms with Gasteiger partial charge >= 0.3 is 5.97 Å². The number of halogens is 1. The highest BCUT2D eigenvalue weighted by atomic mass is 19.1. The normalized spacial score (nSPS) is 12.8. The number of carbonyl (C=O) groups is 3. The van der Waals surface area contributed by atoms with Crippen molar-refractivity contribution in [2.45, 2.75) is 59.0 Å². The molecule has 0 spiro atoms. The van der Waals surface area contributed by atoms with Crippen molar-refractivity contribution in [3.63, 3.8) is 0 Å². The molecule has 6 nitrogen and oxygen atoms in total. The zero-order chi connectivity index (χ0) is 28.4. The van der Waals surface area contributed by atoms with Gasteiger partial charge in [-0.1, -0.05) is 93.6 Å². The lowest BCUT2D eigenvalue weighted by molar-refractivity contribution is -0.142. The monoisotopic (exact) mass is 532 g/mol. The van der Waals surface area contributed by atoms with Gasteiger partial charge in [-0.3, -0.25) is 14.4 Å². The first-order chi connectivity index (χ1) is 18.5. The van der Waals surface area contributed by atoms with Crippen molar-refractivity contribution in [3.05, 3.63) is 95.8 Å². The van der Waals surface area contributed by atoms with E-state index >= 15 is 0 Å². The van der Waals surface area contributed by atoms with Gasteiger partial charge < -0.3 is 15.7 Å². The van der Waals surface area contributed by atoms with E-state index in [0.29, 0.717) is 31.4 Å². The molecule has 0 aliphatic carbocycles. The van der Waals surface area contributed by atoms with Crippen molar-refractivity contribution in [3.8, 4) is 11.1 Å². The number of aryl methyl sites for hydroxylation is 1. The summed E-state index contributed by atoms with van der Waals surface area (Å²) in [4.78, 5) is 37.8. The smallest absolute Gasteiger partial charge is 0.304 e. The SMILES string of the molecule is CC(C)(C)[C@H](NC(=O)[C@H](CCCc1ccc(-c2ccccc2)c(F)c1)CC(=O)O)C(=O)NCc1ccccc1. The number of carbonyl (C=O) groups excluding carboxylic acids is 2. The van der Waals surface area contributed by atoms with Crippen LogP contribution in [0.2, 0.25) is 0 Å². The fourth-order valence-electron chi connectivity index (χ4n) is 4.48. The zero-order valence-corrected chi connectivity index (χ0v) is 22.7. The first-order valence-corrected chi connectivity index (χ1v) is 13.2. The van der Waals surface area contributed by atoms with Crippen LogP contribution in [0.25, 0.3) is 11.1 Å². The van der Waals surface area contributed by atoms with Crippen LogP contribution >= 0.6 is 0 Å². The van der Waals surface area contributed by atoms with Crippen molar-refractivity contribution in [2.24, 2.45) is 11.3 Å². The number of amides is 2. The second kappa shape index (κ2) is 13.7. The van der Waals surface area contributed by atoms with Crippen LogP contribution in [0.3, 0.4) is 0 Å². The predicted molar refractivity (Wildman–Crippen MR) is 150 cm³/mol. The van der Waals surface area contributed by atoms with Crippen molar-refractivity contribution >= 4 is 17.8 Å². The Morgan fingerprint density at radius 2 is 1.51 bits per heavy atom. The number of carboxylic acids is 1. The molecule has 0 aliphatic heterocycles. The molecule has 39 heavy (non-hydrogen) atoms. The van der Waals surface area contributed by atoms with Gasteiger partial charge in [0.2, 0.25) is 11.8 Å². The van der Waals surface area contributed by atoms with Crippen molar-refractivity contribution < 1.29 is 23.9 Å². The van der Waals surface area contributed by atoms with E-state index in [-0.39, 0.29) is 18.1 Å². The summed E-state index contributed by atoms with van der Waals surface area (Å²) >= 11 is 0. The Hall–Kier alpha value is -4.00. The maximum Gasteiger partial charge on any atom is 0.304 e. The molecule has 0 fully saturated rings. The number of rotatable bonds is 12. The number of hydrogen-bond acceptors (Lipinski definition) is 3. The molecule has 3 aromatic carbocycles. The predicted octanol–water partition coefficient (Wildman–Crippen LogP) is 5.75. The second-order valence-electron chi connectivity index (χ2n) is 10.9. The number of nitrogens with one attached hydrogen (secondary N) is 2. The molecule has 0 aliphatic rings. The van der Waals surface area contributed by atoms with Gasteiger partial charge in [-0.15, -0.1) is 0 Å². The number of hydrogen-bond donors (Lipinski definition) is 3. The maximum absolute atomic E-state index is 14.7. The molecule has 7 heteroatoms. The summed E-state index contributed by atoms with van der Waals surface area (Å²) < 4.78 is 14.7. The van der Waals surface area contributed by atoms with Gasteiger partial charge in [0.1, 0.15) is 11.9 Å². The summed E-state index contributed by atoms with van der Waals surface area (Å²) in [5, 5.41) is 15.1. The van der Waals surface area contributed by atoms with E-state index in [0.717, 1.165) is 16.7 Å². The molecule has 3 aromatic rings. The molecule has 2 amide bonds.